The van der Waals surface area contributed by atoms with Gasteiger partial charge in [0.2, 0.25) is 0 Å². The van der Waals surface area contributed by atoms with Crippen molar-refractivity contribution >= 4 is 31.9 Å². The summed E-state index contributed by atoms with van der Waals surface area (Å²) in [5.74, 6) is 0. The van der Waals surface area contributed by atoms with Crippen molar-refractivity contribution < 1.29 is 0 Å². The highest BCUT2D eigenvalue weighted by molar-refractivity contribution is 9.08. The number of alkyl halides is 2. The second-order valence-electron chi connectivity index (χ2n) is 3.08. The molecule has 0 aromatic carbocycles. The maximum Gasteiger partial charge on any atom is 0.133 e. The minimum Gasteiger partial charge on any atom is -0.251 e. The van der Waals surface area contributed by atoms with Gasteiger partial charge < -0.3 is 0 Å². The van der Waals surface area contributed by atoms with E-state index < -0.39 is 0 Å². The maximum absolute atomic E-state index is 4.37. The van der Waals surface area contributed by atoms with Crippen LogP contribution in [0.1, 0.15) is 11.4 Å². The van der Waals surface area contributed by atoms with Gasteiger partial charge in [-0.2, -0.15) is 10.2 Å². The fraction of sp³-hybridized carbons (Fsp3) is 0.333. The van der Waals surface area contributed by atoms with E-state index in [1.165, 1.54) is 0 Å². The van der Waals surface area contributed by atoms with E-state index in [0.29, 0.717) is 6.67 Å². The van der Waals surface area contributed by atoms with Crippen LogP contribution in [0.2, 0.25) is 0 Å². The van der Waals surface area contributed by atoms with Crippen LogP contribution in [-0.2, 0) is 17.3 Å². The fourth-order valence-electron chi connectivity index (χ4n) is 1.29. The first-order valence-electron chi connectivity index (χ1n) is 4.48. The summed E-state index contributed by atoms with van der Waals surface area (Å²) in [6, 6.07) is 3.98. The van der Waals surface area contributed by atoms with Crippen LogP contribution in [0.5, 0.6) is 0 Å². The van der Waals surface area contributed by atoms with Crippen LogP contribution in [0.15, 0.2) is 24.5 Å². The summed E-state index contributed by atoms with van der Waals surface area (Å²) in [5, 5.41) is 10.2. The second kappa shape index (κ2) is 4.94. The van der Waals surface area contributed by atoms with E-state index in [9.17, 15) is 0 Å². The minimum atomic E-state index is 0.654. The molecule has 0 atom stereocenters. The van der Waals surface area contributed by atoms with E-state index in [4.69, 9.17) is 0 Å². The number of halogens is 2. The fourth-order valence-corrected chi connectivity index (χ4v) is 2.07. The van der Waals surface area contributed by atoms with Crippen LogP contribution in [0.3, 0.4) is 0 Å². The molecule has 15 heavy (non-hydrogen) atoms. The Balaban J connectivity index is 2.14. The third-order valence-electron chi connectivity index (χ3n) is 2.05. The maximum atomic E-state index is 4.37. The molecule has 0 radical (unpaired) electrons. The van der Waals surface area contributed by atoms with Gasteiger partial charge in [-0.1, -0.05) is 31.9 Å². The predicted molar refractivity (Wildman–Crippen MR) is 65.1 cm³/mol. The number of hydrogen-bond donors (Lipinski definition) is 0. The van der Waals surface area contributed by atoms with Crippen LogP contribution in [0, 0.1) is 0 Å². The first-order valence-corrected chi connectivity index (χ1v) is 6.72. The molecular formula is C9H10Br2N4. The molecule has 0 unspecified atom stereocenters. The molecule has 0 aliphatic carbocycles. The summed E-state index contributed by atoms with van der Waals surface area (Å²) in [4.78, 5) is 0. The number of aromatic nitrogens is 4. The van der Waals surface area contributed by atoms with E-state index in [1.807, 2.05) is 27.7 Å². The summed E-state index contributed by atoms with van der Waals surface area (Å²) < 4.78 is 3.79. The lowest BCUT2D eigenvalue weighted by Gasteiger charge is -2.05. The molecule has 0 aliphatic rings. The highest BCUT2D eigenvalue weighted by Gasteiger charge is 2.02. The van der Waals surface area contributed by atoms with Crippen molar-refractivity contribution in [3.8, 4) is 0 Å². The zero-order valence-corrected chi connectivity index (χ0v) is 11.1. The lowest BCUT2D eigenvalue weighted by molar-refractivity contribution is 0.490. The van der Waals surface area contributed by atoms with Gasteiger partial charge in [0.25, 0.3) is 0 Å². The summed E-state index contributed by atoms with van der Waals surface area (Å²) in [5.41, 5.74) is 2.17. The third-order valence-corrected chi connectivity index (χ3v) is 3.20. The van der Waals surface area contributed by atoms with E-state index >= 15 is 0 Å². The second-order valence-corrected chi connectivity index (χ2v) is 4.20. The summed E-state index contributed by atoms with van der Waals surface area (Å²) >= 11 is 6.79. The normalized spacial score (nSPS) is 10.8. The van der Waals surface area contributed by atoms with E-state index in [2.05, 4.69) is 42.1 Å². The van der Waals surface area contributed by atoms with E-state index in [-0.39, 0.29) is 0 Å². The van der Waals surface area contributed by atoms with Gasteiger partial charge in [0.05, 0.1) is 11.4 Å². The van der Waals surface area contributed by atoms with E-state index in [1.54, 1.807) is 6.20 Å². The Bertz CT molecular complexity index is 435. The first kappa shape index (κ1) is 10.9. The molecule has 6 heteroatoms. The van der Waals surface area contributed by atoms with Crippen LogP contribution in [0.4, 0.5) is 0 Å². The minimum absolute atomic E-state index is 0.654. The zero-order chi connectivity index (χ0) is 10.7. The first-order chi connectivity index (χ1) is 7.33. The molecule has 4 nitrogen and oxygen atoms in total. The topological polar surface area (TPSA) is 35.6 Å². The molecule has 0 fully saturated rings. The van der Waals surface area contributed by atoms with Crippen molar-refractivity contribution in [1.82, 2.24) is 19.6 Å². The number of hydrogen-bond acceptors (Lipinski definition) is 2. The molecular weight excluding hydrogens is 324 g/mol. The molecule has 0 amide bonds. The Hall–Kier alpha value is -0.620. The number of rotatable bonds is 4. The smallest absolute Gasteiger partial charge is 0.133 e. The van der Waals surface area contributed by atoms with Gasteiger partial charge in [0.1, 0.15) is 6.67 Å². The summed E-state index contributed by atoms with van der Waals surface area (Å²) in [6.45, 7) is 0.654. The quantitative estimate of drug-likeness (QED) is 0.805. The van der Waals surface area contributed by atoms with Crippen molar-refractivity contribution in [2.75, 3.05) is 0 Å². The molecule has 2 heterocycles. The van der Waals surface area contributed by atoms with Gasteiger partial charge in [-0.15, -0.1) is 0 Å². The lowest BCUT2D eigenvalue weighted by Crippen LogP contribution is -2.12. The highest BCUT2D eigenvalue weighted by Crippen LogP contribution is 2.06. The van der Waals surface area contributed by atoms with Gasteiger partial charge in [0.15, 0.2) is 0 Å². The molecule has 0 saturated heterocycles. The van der Waals surface area contributed by atoms with Crippen molar-refractivity contribution in [2.45, 2.75) is 17.3 Å². The van der Waals surface area contributed by atoms with Gasteiger partial charge in [-0.05, 0) is 12.1 Å². The summed E-state index contributed by atoms with van der Waals surface area (Å²) in [6.07, 6.45) is 3.75. The van der Waals surface area contributed by atoms with Crippen LogP contribution in [-0.4, -0.2) is 19.6 Å². The molecule has 0 spiro atoms. The summed E-state index contributed by atoms with van der Waals surface area (Å²) in [7, 11) is 0. The number of nitrogens with zero attached hydrogens (tertiary/aromatic N) is 4. The standard InChI is InChI=1S/C9H10Br2N4/c10-5-8-2-4-14(13-8)7-15-9(6-11)1-3-12-15/h1-4H,5-7H2. The van der Waals surface area contributed by atoms with E-state index in [0.717, 1.165) is 22.0 Å². The van der Waals surface area contributed by atoms with Crippen LogP contribution >= 0.6 is 31.9 Å². The van der Waals surface area contributed by atoms with Gasteiger partial charge in [-0.3, -0.25) is 4.68 Å². The van der Waals surface area contributed by atoms with Crippen molar-refractivity contribution in [1.29, 1.82) is 0 Å². The molecule has 2 aromatic heterocycles. The Kier molecular flexibility index (Phi) is 3.58. The molecule has 2 aromatic rings. The molecule has 2 rings (SSSR count). The SMILES string of the molecule is BrCc1ccn(Cn2nccc2CBr)n1. The Morgan fingerprint density at radius 2 is 2.07 bits per heavy atom. The zero-order valence-electron chi connectivity index (χ0n) is 7.98. The average Bonchev–Trinajstić information content (AvgIpc) is 2.87. The Morgan fingerprint density at radius 1 is 1.20 bits per heavy atom. The largest absolute Gasteiger partial charge is 0.251 e. The molecule has 0 N–H and O–H groups in total. The Morgan fingerprint density at radius 3 is 2.73 bits per heavy atom. The van der Waals surface area contributed by atoms with Crippen molar-refractivity contribution in [3.63, 3.8) is 0 Å². The third kappa shape index (κ3) is 2.49. The molecule has 0 aliphatic heterocycles. The Labute approximate surface area is 105 Å². The van der Waals surface area contributed by atoms with Crippen LogP contribution < -0.4 is 0 Å². The predicted octanol–water partition coefficient (Wildman–Crippen LogP) is 2.38. The highest BCUT2D eigenvalue weighted by atomic mass is 79.9. The molecule has 80 valence electrons. The average molecular weight is 334 g/mol. The van der Waals surface area contributed by atoms with Gasteiger partial charge in [0, 0.05) is 23.1 Å². The lowest BCUT2D eigenvalue weighted by atomic mass is 10.5. The monoisotopic (exact) mass is 332 g/mol. The molecule has 0 saturated carbocycles. The van der Waals surface area contributed by atoms with Crippen molar-refractivity contribution in [2.24, 2.45) is 0 Å². The van der Waals surface area contributed by atoms with Crippen LogP contribution in [0.25, 0.3) is 0 Å². The van der Waals surface area contributed by atoms with Gasteiger partial charge in [-0.25, -0.2) is 4.68 Å². The van der Waals surface area contributed by atoms with Crippen molar-refractivity contribution in [3.05, 3.63) is 35.9 Å². The van der Waals surface area contributed by atoms with Gasteiger partial charge >= 0.3 is 0 Å². The molecule has 0 bridgehead atoms.